The van der Waals surface area contributed by atoms with Crippen molar-refractivity contribution in [3.05, 3.63) is 106 Å². The molecule has 0 saturated carbocycles. The molecule has 3 atom stereocenters. The highest BCUT2D eigenvalue weighted by Crippen LogP contribution is 2.25. The average Bonchev–Trinajstić information content (AvgIpc) is 3.00. The minimum Gasteiger partial charge on any atom is -0.386 e. The normalized spacial score (nSPS) is 14.0. The Bertz CT molecular complexity index is 1020. The molecule has 0 aliphatic rings. The zero-order valence-corrected chi connectivity index (χ0v) is 28.4. The Hall–Kier alpha value is -2.40. The second-order valence-electron chi connectivity index (χ2n) is 13.4. The Labute approximate surface area is 263 Å². The van der Waals surface area contributed by atoms with Crippen LogP contribution in [0.25, 0.3) is 0 Å². The summed E-state index contributed by atoms with van der Waals surface area (Å²) < 4.78 is 18.6. The van der Waals surface area contributed by atoms with E-state index in [-0.39, 0.29) is 0 Å². The summed E-state index contributed by atoms with van der Waals surface area (Å²) in [6.45, 7) is 22.0. The van der Waals surface area contributed by atoms with Gasteiger partial charge in [0.2, 0.25) is 0 Å². The molecule has 0 saturated heterocycles. The first-order valence-electron chi connectivity index (χ1n) is 16.7. The molecule has 43 heavy (non-hydrogen) atoms. The van der Waals surface area contributed by atoms with E-state index in [9.17, 15) is 0 Å². The standard InChI is InChI=1S/C39H57BO3/c1-28(2)34-10-16-37(17-11-34)31(7)22-25-41-40(42-26-23-32(8)38-18-12-35(13-19-38)29(3)4)43-27-24-33(9)39-20-14-36(15-21-39)30(5)6/h10-21,28-33H,22-27H2,1-9H3. The summed E-state index contributed by atoms with van der Waals surface area (Å²) in [6.07, 6.45) is 2.75. The molecular formula is C39H57BO3. The Morgan fingerprint density at radius 3 is 0.791 bits per heavy atom. The van der Waals surface area contributed by atoms with Crippen LogP contribution in [0.2, 0.25) is 0 Å². The van der Waals surface area contributed by atoms with E-state index in [2.05, 4.69) is 135 Å². The molecule has 0 aromatic heterocycles. The van der Waals surface area contributed by atoms with Crippen molar-refractivity contribution in [3.8, 4) is 0 Å². The van der Waals surface area contributed by atoms with Crippen LogP contribution in [-0.2, 0) is 14.0 Å². The summed E-state index contributed by atoms with van der Waals surface area (Å²) in [5, 5.41) is 0. The molecule has 4 heteroatoms. The highest BCUT2D eigenvalue weighted by atomic mass is 16.7. The third kappa shape index (κ3) is 11.6. The van der Waals surface area contributed by atoms with Gasteiger partial charge in [-0.15, -0.1) is 0 Å². The van der Waals surface area contributed by atoms with E-state index < -0.39 is 7.32 Å². The summed E-state index contributed by atoms with van der Waals surface area (Å²) in [5.41, 5.74) is 8.18. The van der Waals surface area contributed by atoms with Gasteiger partial charge in [0.25, 0.3) is 0 Å². The molecule has 0 spiro atoms. The van der Waals surface area contributed by atoms with E-state index in [0.29, 0.717) is 55.3 Å². The van der Waals surface area contributed by atoms with Crippen molar-refractivity contribution in [2.75, 3.05) is 19.8 Å². The van der Waals surface area contributed by atoms with Crippen LogP contribution in [0.1, 0.15) is 150 Å². The molecule has 3 aromatic rings. The Morgan fingerprint density at radius 1 is 0.372 bits per heavy atom. The first-order chi connectivity index (χ1) is 20.5. The average molecular weight is 585 g/mol. The first-order valence-corrected chi connectivity index (χ1v) is 16.7. The quantitative estimate of drug-likeness (QED) is 0.139. The molecule has 0 heterocycles. The van der Waals surface area contributed by atoms with E-state index in [4.69, 9.17) is 14.0 Å². The fourth-order valence-corrected chi connectivity index (χ4v) is 5.30. The highest BCUT2D eigenvalue weighted by molar-refractivity contribution is 6.36. The van der Waals surface area contributed by atoms with Crippen LogP contribution in [0.3, 0.4) is 0 Å². The van der Waals surface area contributed by atoms with Crippen molar-refractivity contribution in [3.63, 3.8) is 0 Å². The smallest absolute Gasteiger partial charge is 0.386 e. The zero-order valence-electron chi connectivity index (χ0n) is 28.4. The van der Waals surface area contributed by atoms with E-state index >= 15 is 0 Å². The molecule has 0 N–H and O–H groups in total. The molecule has 0 aliphatic carbocycles. The molecule has 3 nitrogen and oxygen atoms in total. The maximum absolute atomic E-state index is 6.21. The largest absolute Gasteiger partial charge is 0.639 e. The highest BCUT2D eigenvalue weighted by Gasteiger charge is 2.23. The second kappa shape index (κ2) is 17.8. The van der Waals surface area contributed by atoms with Crippen LogP contribution in [0.4, 0.5) is 0 Å². The zero-order chi connectivity index (χ0) is 31.4. The minimum absolute atomic E-state index is 0.407. The van der Waals surface area contributed by atoms with E-state index in [1.807, 2.05) is 0 Å². The summed E-state index contributed by atoms with van der Waals surface area (Å²) in [7, 11) is -0.651. The molecule has 0 fully saturated rings. The van der Waals surface area contributed by atoms with Crippen LogP contribution in [0.5, 0.6) is 0 Å². The molecule has 3 rings (SSSR count). The first kappa shape index (κ1) is 35.1. The van der Waals surface area contributed by atoms with Gasteiger partial charge in [0.05, 0.1) is 0 Å². The van der Waals surface area contributed by atoms with Crippen molar-refractivity contribution in [2.24, 2.45) is 0 Å². The van der Waals surface area contributed by atoms with E-state index in [1.54, 1.807) is 0 Å². The molecule has 0 radical (unpaired) electrons. The third-order valence-electron chi connectivity index (χ3n) is 8.93. The van der Waals surface area contributed by atoms with Gasteiger partial charge in [-0.3, -0.25) is 0 Å². The van der Waals surface area contributed by atoms with Gasteiger partial charge in [-0.2, -0.15) is 0 Å². The Morgan fingerprint density at radius 2 is 0.581 bits per heavy atom. The molecular weight excluding hydrogens is 527 g/mol. The van der Waals surface area contributed by atoms with Crippen LogP contribution in [0, 0.1) is 0 Å². The lowest BCUT2D eigenvalue weighted by atomic mass is 9.94. The van der Waals surface area contributed by atoms with Gasteiger partial charge in [0, 0.05) is 19.8 Å². The lowest BCUT2D eigenvalue weighted by Gasteiger charge is -2.20. The number of hydrogen-bond donors (Lipinski definition) is 0. The van der Waals surface area contributed by atoms with Crippen LogP contribution < -0.4 is 0 Å². The van der Waals surface area contributed by atoms with E-state index in [1.165, 1.54) is 33.4 Å². The van der Waals surface area contributed by atoms with Crippen molar-refractivity contribution in [1.82, 2.24) is 0 Å². The topological polar surface area (TPSA) is 27.7 Å². The summed E-state index contributed by atoms with van der Waals surface area (Å²) >= 11 is 0. The molecule has 0 amide bonds. The molecule has 0 aliphatic heterocycles. The van der Waals surface area contributed by atoms with Crippen LogP contribution in [-0.4, -0.2) is 27.1 Å². The Balaban J connectivity index is 1.52. The maximum Gasteiger partial charge on any atom is 0.639 e. The molecule has 3 aromatic carbocycles. The van der Waals surface area contributed by atoms with Crippen molar-refractivity contribution in [1.29, 1.82) is 0 Å². The second-order valence-corrected chi connectivity index (χ2v) is 13.4. The van der Waals surface area contributed by atoms with Crippen LogP contribution in [0.15, 0.2) is 72.8 Å². The van der Waals surface area contributed by atoms with Gasteiger partial charge in [-0.25, -0.2) is 0 Å². The monoisotopic (exact) mass is 584 g/mol. The van der Waals surface area contributed by atoms with Crippen molar-refractivity contribution < 1.29 is 14.0 Å². The third-order valence-corrected chi connectivity index (χ3v) is 8.93. The molecule has 0 bridgehead atoms. The fraction of sp³-hybridized carbons (Fsp3) is 0.538. The van der Waals surface area contributed by atoms with Crippen LogP contribution >= 0.6 is 0 Å². The molecule has 234 valence electrons. The fourth-order valence-electron chi connectivity index (χ4n) is 5.30. The van der Waals surface area contributed by atoms with Gasteiger partial charge in [-0.1, -0.05) is 135 Å². The van der Waals surface area contributed by atoms with E-state index in [0.717, 1.165) is 19.3 Å². The predicted molar refractivity (Wildman–Crippen MR) is 184 cm³/mol. The summed E-state index contributed by atoms with van der Waals surface area (Å²) in [5.74, 6) is 2.87. The van der Waals surface area contributed by atoms with Crippen molar-refractivity contribution in [2.45, 2.75) is 117 Å². The minimum atomic E-state index is -0.651. The summed E-state index contributed by atoms with van der Waals surface area (Å²) in [4.78, 5) is 0. The van der Waals surface area contributed by atoms with Gasteiger partial charge in [0.15, 0.2) is 0 Å². The maximum atomic E-state index is 6.21. The SMILES string of the molecule is CC(C)c1ccc(C(C)CCOB(OCCC(C)c2ccc(C(C)C)cc2)OCCC(C)c2ccc(C(C)C)cc2)cc1. The summed E-state index contributed by atoms with van der Waals surface area (Å²) in [6, 6.07) is 27.1. The van der Waals surface area contributed by atoms with Crippen molar-refractivity contribution >= 4 is 7.32 Å². The van der Waals surface area contributed by atoms with Gasteiger partial charge in [0.1, 0.15) is 0 Å². The lowest BCUT2D eigenvalue weighted by Crippen LogP contribution is -2.29. The number of benzene rings is 3. The van der Waals surface area contributed by atoms with Gasteiger partial charge < -0.3 is 14.0 Å². The number of rotatable bonds is 18. The Kier molecular flexibility index (Phi) is 14.5. The van der Waals surface area contributed by atoms with Gasteiger partial charge in [-0.05, 0) is 88.2 Å². The van der Waals surface area contributed by atoms with Gasteiger partial charge >= 0.3 is 7.32 Å². The predicted octanol–water partition coefficient (Wildman–Crippen LogP) is 11.0. The lowest BCUT2D eigenvalue weighted by molar-refractivity contribution is 0.0867. The molecule has 3 unspecified atom stereocenters. The number of hydrogen-bond acceptors (Lipinski definition) is 3.